The highest BCUT2D eigenvalue weighted by Gasteiger charge is 2.36. The molecule has 1 aromatic carbocycles. The van der Waals surface area contributed by atoms with Gasteiger partial charge in [0, 0.05) is 6.42 Å². The summed E-state index contributed by atoms with van der Waals surface area (Å²) in [6.07, 6.45) is 0.850. The van der Waals surface area contributed by atoms with Crippen LogP contribution in [0.25, 0.3) is 0 Å². The molecule has 0 bridgehead atoms. The topological polar surface area (TPSA) is 90.1 Å². The number of carboxylic acid groups (broad SMARTS) is 1. The molecule has 0 saturated heterocycles. The summed E-state index contributed by atoms with van der Waals surface area (Å²) in [5.41, 5.74) is -0.165. The molecule has 1 N–H and O–H groups in total. The maximum Gasteiger partial charge on any atom is 0.331 e. The summed E-state index contributed by atoms with van der Waals surface area (Å²) in [6.45, 7) is 3.41. The molecule has 1 unspecified atom stereocenters. The molecule has 0 fully saturated rings. The van der Waals surface area contributed by atoms with Crippen LogP contribution >= 0.6 is 0 Å². The van der Waals surface area contributed by atoms with Crippen LogP contribution in [0.3, 0.4) is 0 Å². The molecule has 21 heavy (non-hydrogen) atoms. The largest absolute Gasteiger partial charge is 0.497 e. The molecule has 0 aliphatic carbocycles. The Kier molecular flexibility index (Phi) is 4.21. The molecule has 112 valence electrons. The minimum atomic E-state index is -1.15. The van der Waals surface area contributed by atoms with E-state index in [1.165, 1.54) is 4.68 Å². The normalized spacial score (nSPS) is 13.7. The van der Waals surface area contributed by atoms with Gasteiger partial charge in [0.1, 0.15) is 5.75 Å². The molecule has 1 heterocycles. The van der Waals surface area contributed by atoms with Gasteiger partial charge in [-0.15, -0.1) is 5.10 Å². The number of methoxy groups -OCH3 is 1. The molecule has 0 aliphatic heterocycles. The smallest absolute Gasteiger partial charge is 0.331 e. The number of aromatic nitrogens is 4. The molecule has 7 nitrogen and oxygen atoms in total. The first-order valence-corrected chi connectivity index (χ1v) is 6.65. The maximum absolute atomic E-state index is 11.5. The van der Waals surface area contributed by atoms with Gasteiger partial charge < -0.3 is 9.84 Å². The van der Waals surface area contributed by atoms with Crippen LogP contribution in [0.15, 0.2) is 24.3 Å². The average Bonchev–Trinajstić information content (AvgIpc) is 2.95. The van der Waals surface area contributed by atoms with E-state index < -0.39 is 11.5 Å². The quantitative estimate of drug-likeness (QED) is 0.866. The van der Waals surface area contributed by atoms with E-state index in [0.29, 0.717) is 18.7 Å². The number of carbonyl (C=O) groups is 1. The van der Waals surface area contributed by atoms with E-state index in [9.17, 15) is 9.90 Å². The van der Waals surface area contributed by atoms with Crippen molar-refractivity contribution in [1.82, 2.24) is 20.2 Å². The third-order valence-corrected chi connectivity index (χ3v) is 3.67. The third kappa shape index (κ3) is 2.86. The van der Waals surface area contributed by atoms with Crippen LogP contribution in [-0.2, 0) is 16.8 Å². The molecule has 1 aromatic heterocycles. The molecule has 0 amide bonds. The molecule has 2 rings (SSSR count). The molecule has 2 aromatic rings. The zero-order valence-corrected chi connectivity index (χ0v) is 12.3. The molecule has 0 radical (unpaired) electrons. The summed E-state index contributed by atoms with van der Waals surface area (Å²) in [5.74, 6) is 0.336. The predicted octanol–water partition coefficient (Wildman–Crippen LogP) is 1.48. The van der Waals surface area contributed by atoms with Crippen molar-refractivity contribution in [3.63, 3.8) is 0 Å². The van der Waals surface area contributed by atoms with Crippen molar-refractivity contribution >= 4 is 5.97 Å². The summed E-state index contributed by atoms with van der Waals surface area (Å²) in [7, 11) is 1.61. The lowest BCUT2D eigenvalue weighted by molar-refractivity contribution is -0.147. The number of benzene rings is 1. The molecule has 0 saturated carbocycles. The van der Waals surface area contributed by atoms with Crippen LogP contribution in [0, 0.1) is 0 Å². The van der Waals surface area contributed by atoms with Gasteiger partial charge in [-0.2, -0.15) is 0 Å². The fourth-order valence-electron chi connectivity index (χ4n) is 2.02. The Balaban J connectivity index is 2.29. The summed E-state index contributed by atoms with van der Waals surface area (Å²) in [6, 6.07) is 7.50. The predicted molar refractivity (Wildman–Crippen MR) is 75.2 cm³/mol. The van der Waals surface area contributed by atoms with Crippen LogP contribution in [0.2, 0.25) is 0 Å². The van der Waals surface area contributed by atoms with Gasteiger partial charge in [0.05, 0.1) is 7.11 Å². The average molecular weight is 290 g/mol. The van der Waals surface area contributed by atoms with Crippen molar-refractivity contribution in [2.45, 2.75) is 32.2 Å². The lowest BCUT2D eigenvalue weighted by Gasteiger charge is -2.24. The minimum Gasteiger partial charge on any atom is -0.497 e. The Morgan fingerprint density at radius 1 is 1.38 bits per heavy atom. The monoisotopic (exact) mass is 290 g/mol. The standard InChI is InChI=1S/C14H18N4O3/c1-4-14(2,13(19)20)18-12(15-16-17-18)9-10-5-7-11(21-3)8-6-10/h5-8H,4,9H2,1-3H3,(H,19,20). The molecular formula is C14H18N4O3. The van der Waals surface area contributed by atoms with Gasteiger partial charge in [-0.05, 0) is 41.5 Å². The van der Waals surface area contributed by atoms with Crippen LogP contribution in [0.1, 0.15) is 31.7 Å². The van der Waals surface area contributed by atoms with E-state index in [4.69, 9.17) is 4.74 Å². The van der Waals surface area contributed by atoms with Crippen molar-refractivity contribution in [3.8, 4) is 5.75 Å². The Bertz CT molecular complexity index is 623. The zero-order valence-electron chi connectivity index (χ0n) is 12.3. The SMILES string of the molecule is CCC(C)(C(=O)O)n1nnnc1Cc1ccc(OC)cc1. The van der Waals surface area contributed by atoms with Crippen molar-refractivity contribution < 1.29 is 14.6 Å². The van der Waals surface area contributed by atoms with Gasteiger partial charge >= 0.3 is 5.97 Å². The van der Waals surface area contributed by atoms with E-state index in [1.807, 2.05) is 24.3 Å². The fourth-order valence-corrected chi connectivity index (χ4v) is 2.02. The van der Waals surface area contributed by atoms with Gasteiger partial charge in [0.25, 0.3) is 0 Å². The van der Waals surface area contributed by atoms with Crippen molar-refractivity contribution in [2.24, 2.45) is 0 Å². The summed E-state index contributed by atoms with van der Waals surface area (Å²) in [5, 5.41) is 20.9. The van der Waals surface area contributed by atoms with Crippen molar-refractivity contribution in [3.05, 3.63) is 35.7 Å². The third-order valence-electron chi connectivity index (χ3n) is 3.67. The Morgan fingerprint density at radius 3 is 2.57 bits per heavy atom. The Labute approximate surface area is 122 Å². The molecule has 1 atom stereocenters. The fraction of sp³-hybridized carbons (Fsp3) is 0.429. The van der Waals surface area contributed by atoms with E-state index >= 15 is 0 Å². The van der Waals surface area contributed by atoms with E-state index in [1.54, 1.807) is 21.0 Å². The van der Waals surface area contributed by atoms with Crippen LogP contribution in [0.5, 0.6) is 5.75 Å². The second kappa shape index (κ2) is 5.90. The number of rotatable bonds is 6. The minimum absolute atomic E-state index is 0.392. The first kappa shape index (κ1) is 15.0. The van der Waals surface area contributed by atoms with Gasteiger partial charge in [-0.25, -0.2) is 9.48 Å². The second-order valence-electron chi connectivity index (χ2n) is 4.96. The number of aliphatic carboxylic acids is 1. The number of nitrogens with zero attached hydrogens (tertiary/aromatic N) is 4. The van der Waals surface area contributed by atoms with Crippen LogP contribution in [0.4, 0.5) is 0 Å². The highest BCUT2D eigenvalue weighted by Crippen LogP contribution is 2.22. The van der Waals surface area contributed by atoms with Gasteiger partial charge in [0.2, 0.25) is 0 Å². The number of hydrogen-bond donors (Lipinski definition) is 1. The molecule has 7 heteroatoms. The second-order valence-corrected chi connectivity index (χ2v) is 4.96. The number of carboxylic acids is 1. The Morgan fingerprint density at radius 2 is 2.05 bits per heavy atom. The number of hydrogen-bond acceptors (Lipinski definition) is 5. The number of tetrazole rings is 1. The van der Waals surface area contributed by atoms with E-state index in [2.05, 4.69) is 15.5 Å². The van der Waals surface area contributed by atoms with Crippen molar-refractivity contribution in [1.29, 1.82) is 0 Å². The van der Waals surface area contributed by atoms with Gasteiger partial charge in [-0.3, -0.25) is 0 Å². The highest BCUT2D eigenvalue weighted by atomic mass is 16.5. The zero-order chi connectivity index (χ0) is 15.5. The molecule has 0 aliphatic rings. The van der Waals surface area contributed by atoms with Crippen LogP contribution < -0.4 is 4.74 Å². The number of ether oxygens (including phenoxy) is 1. The molecule has 0 spiro atoms. The maximum atomic E-state index is 11.5. The van der Waals surface area contributed by atoms with Crippen molar-refractivity contribution in [2.75, 3.05) is 7.11 Å². The van der Waals surface area contributed by atoms with E-state index in [-0.39, 0.29) is 0 Å². The van der Waals surface area contributed by atoms with Gasteiger partial charge in [-0.1, -0.05) is 19.1 Å². The summed E-state index contributed by atoms with van der Waals surface area (Å²) < 4.78 is 6.50. The first-order chi connectivity index (χ1) is 10.0. The summed E-state index contributed by atoms with van der Waals surface area (Å²) >= 11 is 0. The lowest BCUT2D eigenvalue weighted by Crippen LogP contribution is -2.40. The highest BCUT2D eigenvalue weighted by molar-refractivity contribution is 5.76. The van der Waals surface area contributed by atoms with Crippen LogP contribution in [-0.4, -0.2) is 38.4 Å². The first-order valence-electron chi connectivity index (χ1n) is 6.65. The molecular weight excluding hydrogens is 272 g/mol. The van der Waals surface area contributed by atoms with Gasteiger partial charge in [0.15, 0.2) is 11.4 Å². The summed E-state index contributed by atoms with van der Waals surface area (Å²) in [4.78, 5) is 11.5. The lowest BCUT2D eigenvalue weighted by atomic mass is 9.99. The Hall–Kier alpha value is -2.44. The van der Waals surface area contributed by atoms with E-state index in [0.717, 1.165) is 11.3 Å².